The summed E-state index contributed by atoms with van der Waals surface area (Å²) in [5, 5.41) is 23.1. The van der Waals surface area contributed by atoms with Crippen LogP contribution in [0.3, 0.4) is 0 Å². The summed E-state index contributed by atoms with van der Waals surface area (Å²) in [6, 6.07) is 11.2. The largest absolute Gasteiger partial charge is 0.493 e. The van der Waals surface area contributed by atoms with Gasteiger partial charge < -0.3 is 19.8 Å². The van der Waals surface area contributed by atoms with Crippen molar-refractivity contribution in [3.05, 3.63) is 47.8 Å². The molecule has 2 heterocycles. The lowest BCUT2D eigenvalue weighted by Crippen LogP contribution is -2.31. The minimum atomic E-state index is -0.983. The first-order chi connectivity index (χ1) is 12.2. The fourth-order valence-electron chi connectivity index (χ4n) is 2.88. The molecule has 25 heavy (non-hydrogen) atoms. The third-order valence-electron chi connectivity index (χ3n) is 4.23. The molecule has 0 saturated carbocycles. The second-order valence-corrected chi connectivity index (χ2v) is 6.06. The van der Waals surface area contributed by atoms with Crippen molar-refractivity contribution in [1.29, 1.82) is 0 Å². The number of aliphatic hydroxyl groups excluding tert-OH is 2. The lowest BCUT2D eigenvalue weighted by Gasteiger charge is -2.20. The molecule has 1 aromatic heterocycles. The molecule has 1 atom stereocenters. The molecular formula is C18H23N3O4. The smallest absolute Gasteiger partial charge is 0.226 e. The fourth-order valence-corrected chi connectivity index (χ4v) is 2.88. The summed E-state index contributed by atoms with van der Waals surface area (Å²) in [6.07, 6.45) is 0.131. The molecule has 7 nitrogen and oxygen atoms in total. The van der Waals surface area contributed by atoms with Gasteiger partial charge in [-0.15, -0.1) is 0 Å². The second-order valence-electron chi connectivity index (χ2n) is 6.06. The molecule has 134 valence electrons. The van der Waals surface area contributed by atoms with E-state index in [2.05, 4.69) is 5.10 Å². The first-order valence-corrected chi connectivity index (χ1v) is 8.48. The quantitative estimate of drug-likeness (QED) is 0.819. The Morgan fingerprint density at radius 3 is 2.84 bits per heavy atom. The molecule has 1 aliphatic heterocycles. The van der Waals surface area contributed by atoms with Gasteiger partial charge in [0.05, 0.1) is 37.6 Å². The topological polar surface area (TPSA) is 87.8 Å². The molecule has 1 amide bonds. The van der Waals surface area contributed by atoms with E-state index in [9.17, 15) is 9.90 Å². The molecule has 0 radical (unpaired) electrons. The molecule has 0 spiro atoms. The molecule has 1 aliphatic rings. The van der Waals surface area contributed by atoms with Crippen molar-refractivity contribution in [1.82, 2.24) is 14.7 Å². The molecule has 2 aromatic rings. The van der Waals surface area contributed by atoms with Crippen LogP contribution in [0.4, 0.5) is 0 Å². The third-order valence-corrected chi connectivity index (χ3v) is 4.23. The summed E-state index contributed by atoms with van der Waals surface area (Å²) < 4.78 is 7.40. The normalized spacial score (nSPS) is 15.4. The van der Waals surface area contributed by atoms with E-state index >= 15 is 0 Å². The third kappa shape index (κ3) is 4.37. The minimum Gasteiger partial charge on any atom is -0.493 e. The second kappa shape index (κ2) is 8.13. The Hall–Kier alpha value is -2.38. The van der Waals surface area contributed by atoms with Crippen molar-refractivity contribution in [3.63, 3.8) is 0 Å². The number of aryl methyl sites for hydroxylation is 1. The number of ether oxygens (including phenoxy) is 1. The number of hydrogen-bond donors (Lipinski definition) is 2. The van der Waals surface area contributed by atoms with E-state index in [0.717, 1.165) is 17.9 Å². The van der Waals surface area contributed by atoms with Crippen molar-refractivity contribution in [2.45, 2.75) is 32.0 Å². The number of benzene rings is 1. The summed E-state index contributed by atoms with van der Waals surface area (Å²) in [5.74, 6) is 0.793. The fraction of sp³-hybridized carbons (Fsp3) is 0.444. The number of hydrogen-bond acceptors (Lipinski definition) is 5. The average molecular weight is 345 g/mol. The van der Waals surface area contributed by atoms with Crippen molar-refractivity contribution >= 4 is 5.91 Å². The Kier molecular flexibility index (Phi) is 5.67. The maximum atomic E-state index is 12.5. The molecule has 0 aliphatic carbocycles. The summed E-state index contributed by atoms with van der Waals surface area (Å²) >= 11 is 0. The number of rotatable bonds is 6. The van der Waals surface area contributed by atoms with Crippen molar-refractivity contribution in [2.75, 3.05) is 19.8 Å². The number of fused-ring (bicyclic) bond motifs is 1. The monoisotopic (exact) mass is 345 g/mol. The van der Waals surface area contributed by atoms with Crippen LogP contribution in [-0.4, -0.2) is 50.6 Å². The van der Waals surface area contributed by atoms with Gasteiger partial charge in [0.15, 0.2) is 0 Å². The van der Waals surface area contributed by atoms with Crippen LogP contribution in [0, 0.1) is 0 Å². The maximum Gasteiger partial charge on any atom is 0.226 e. The van der Waals surface area contributed by atoms with E-state index in [0.29, 0.717) is 38.4 Å². The number of nitrogens with zero attached hydrogens (tertiary/aromatic N) is 3. The highest BCUT2D eigenvalue weighted by atomic mass is 16.5. The van der Waals surface area contributed by atoms with Gasteiger partial charge in [0.2, 0.25) is 5.91 Å². The molecule has 1 aromatic carbocycles. The van der Waals surface area contributed by atoms with Gasteiger partial charge in [0.25, 0.3) is 0 Å². The van der Waals surface area contributed by atoms with Gasteiger partial charge in [0, 0.05) is 13.1 Å². The standard InChI is InChI=1S/C18H23N3O4/c22-13-17(23)16-11-14-12-20(8-4-9-21(14)19-16)18(24)7-10-25-15-5-2-1-3-6-15/h1-3,5-6,11,17,22-23H,4,7-10,12-13H2/t17-/m1/s1. The SMILES string of the molecule is O=C(CCOc1ccccc1)N1CCCn2nc([C@H](O)CO)cc2C1. The predicted octanol–water partition coefficient (Wildman–Crippen LogP) is 1.11. The molecule has 0 bridgehead atoms. The number of amides is 1. The number of aliphatic hydroxyl groups is 2. The minimum absolute atomic E-state index is 0.0369. The summed E-state index contributed by atoms with van der Waals surface area (Å²) in [6.45, 7) is 1.79. The molecule has 0 saturated heterocycles. The zero-order chi connectivity index (χ0) is 17.6. The summed E-state index contributed by atoms with van der Waals surface area (Å²) in [7, 11) is 0. The molecule has 2 N–H and O–H groups in total. The average Bonchev–Trinajstić information content (AvgIpc) is 2.93. The van der Waals surface area contributed by atoms with Crippen LogP contribution >= 0.6 is 0 Å². The van der Waals surface area contributed by atoms with Gasteiger partial charge in [-0.25, -0.2) is 0 Å². The van der Waals surface area contributed by atoms with Crippen LogP contribution in [0.15, 0.2) is 36.4 Å². The van der Waals surface area contributed by atoms with E-state index in [1.165, 1.54) is 0 Å². The Labute approximate surface area is 146 Å². The van der Waals surface area contributed by atoms with E-state index in [1.807, 2.05) is 35.0 Å². The number of carbonyl (C=O) groups excluding carboxylic acids is 1. The Morgan fingerprint density at radius 1 is 1.28 bits per heavy atom. The lowest BCUT2D eigenvalue weighted by atomic mass is 10.2. The Balaban J connectivity index is 1.57. The van der Waals surface area contributed by atoms with Gasteiger partial charge in [-0.3, -0.25) is 9.48 Å². The van der Waals surface area contributed by atoms with Gasteiger partial charge in [0.1, 0.15) is 11.9 Å². The molecule has 3 rings (SSSR count). The number of aromatic nitrogens is 2. The highest BCUT2D eigenvalue weighted by molar-refractivity contribution is 5.76. The van der Waals surface area contributed by atoms with Gasteiger partial charge in [-0.2, -0.15) is 5.10 Å². The van der Waals surface area contributed by atoms with Gasteiger partial charge >= 0.3 is 0 Å². The summed E-state index contributed by atoms with van der Waals surface area (Å²) in [4.78, 5) is 14.3. The van der Waals surface area contributed by atoms with Crippen molar-refractivity contribution in [2.24, 2.45) is 0 Å². The van der Waals surface area contributed by atoms with Crippen molar-refractivity contribution < 1.29 is 19.7 Å². The molecule has 0 unspecified atom stereocenters. The van der Waals surface area contributed by atoms with E-state index < -0.39 is 6.10 Å². The molecule has 7 heteroatoms. The van der Waals surface area contributed by atoms with Gasteiger partial charge in [-0.05, 0) is 24.6 Å². The zero-order valence-electron chi connectivity index (χ0n) is 14.0. The van der Waals surface area contributed by atoms with E-state index in [1.54, 1.807) is 11.0 Å². The van der Waals surface area contributed by atoms with E-state index in [-0.39, 0.29) is 12.5 Å². The highest BCUT2D eigenvalue weighted by Gasteiger charge is 2.22. The first kappa shape index (κ1) is 17.4. The van der Waals surface area contributed by atoms with Crippen LogP contribution in [0.25, 0.3) is 0 Å². The van der Waals surface area contributed by atoms with Crippen LogP contribution in [-0.2, 0) is 17.9 Å². The molecule has 0 fully saturated rings. The molecular weight excluding hydrogens is 322 g/mol. The van der Waals surface area contributed by atoms with Crippen LogP contribution in [0.5, 0.6) is 5.75 Å². The van der Waals surface area contributed by atoms with Crippen LogP contribution < -0.4 is 4.74 Å². The number of carbonyl (C=O) groups is 1. The Bertz CT molecular complexity index is 702. The maximum absolute atomic E-state index is 12.5. The lowest BCUT2D eigenvalue weighted by molar-refractivity contribution is -0.132. The van der Waals surface area contributed by atoms with Gasteiger partial charge in [-0.1, -0.05) is 18.2 Å². The highest BCUT2D eigenvalue weighted by Crippen LogP contribution is 2.18. The first-order valence-electron chi connectivity index (χ1n) is 8.48. The van der Waals surface area contributed by atoms with Crippen molar-refractivity contribution in [3.8, 4) is 5.75 Å². The number of para-hydroxylation sites is 1. The van der Waals surface area contributed by atoms with E-state index in [4.69, 9.17) is 9.84 Å². The van der Waals surface area contributed by atoms with Crippen LogP contribution in [0.1, 0.15) is 30.3 Å². The predicted molar refractivity (Wildman–Crippen MR) is 90.9 cm³/mol. The Morgan fingerprint density at radius 2 is 2.08 bits per heavy atom. The zero-order valence-corrected chi connectivity index (χ0v) is 14.0. The van der Waals surface area contributed by atoms with Crippen LogP contribution in [0.2, 0.25) is 0 Å². The summed E-state index contributed by atoms with van der Waals surface area (Å²) in [5.41, 5.74) is 1.32.